The Bertz CT molecular complexity index is 1620. The van der Waals surface area contributed by atoms with Gasteiger partial charge in [0.2, 0.25) is 0 Å². The molecule has 3 aromatic rings. The summed E-state index contributed by atoms with van der Waals surface area (Å²) in [6.07, 6.45) is 3.35. The molecule has 0 bridgehead atoms. The van der Waals surface area contributed by atoms with Crippen LogP contribution in [0.25, 0.3) is 0 Å². The van der Waals surface area contributed by atoms with E-state index in [2.05, 4.69) is 88.0 Å². The molecule has 5 nitrogen and oxygen atoms in total. The summed E-state index contributed by atoms with van der Waals surface area (Å²) in [6.45, 7) is 11.9. The van der Waals surface area contributed by atoms with Gasteiger partial charge in [0.1, 0.15) is 6.61 Å². The molecule has 0 fully saturated rings. The van der Waals surface area contributed by atoms with Crippen molar-refractivity contribution >= 4 is 11.6 Å². The lowest BCUT2D eigenvalue weighted by Crippen LogP contribution is -2.45. The fourth-order valence-corrected chi connectivity index (χ4v) is 7.36. The molecule has 6 rings (SSSR count). The van der Waals surface area contributed by atoms with Crippen molar-refractivity contribution in [2.24, 2.45) is 10.8 Å². The molecular formula is C40H45NO4. The zero-order valence-electron chi connectivity index (χ0n) is 27.5. The maximum Gasteiger partial charge on any atom is 0.162 e. The Morgan fingerprint density at radius 3 is 1.91 bits per heavy atom. The lowest BCUT2D eigenvalue weighted by Gasteiger charge is -2.49. The molecular weight excluding hydrogens is 558 g/mol. The van der Waals surface area contributed by atoms with E-state index in [9.17, 15) is 9.59 Å². The smallest absolute Gasteiger partial charge is 0.162 e. The van der Waals surface area contributed by atoms with E-state index < -0.39 is 5.92 Å². The first-order valence-electron chi connectivity index (χ1n) is 16.1. The summed E-state index contributed by atoms with van der Waals surface area (Å²) in [7, 11) is 1.64. The zero-order valence-corrected chi connectivity index (χ0v) is 27.5. The fourth-order valence-electron chi connectivity index (χ4n) is 7.36. The van der Waals surface area contributed by atoms with E-state index in [4.69, 9.17) is 9.47 Å². The highest BCUT2D eigenvalue weighted by atomic mass is 16.5. The summed E-state index contributed by atoms with van der Waals surface area (Å²) in [4.78, 5) is 30.7. The minimum absolute atomic E-state index is 0.138. The van der Waals surface area contributed by atoms with Gasteiger partial charge in [0.15, 0.2) is 23.1 Å². The monoisotopic (exact) mass is 603 g/mol. The van der Waals surface area contributed by atoms with Crippen LogP contribution in [0, 0.1) is 17.8 Å². The van der Waals surface area contributed by atoms with E-state index in [1.165, 1.54) is 11.1 Å². The lowest BCUT2D eigenvalue weighted by molar-refractivity contribution is -0.119. The van der Waals surface area contributed by atoms with Crippen LogP contribution in [0.4, 0.5) is 0 Å². The van der Waals surface area contributed by atoms with Crippen molar-refractivity contribution in [1.82, 2.24) is 4.90 Å². The van der Waals surface area contributed by atoms with Crippen LogP contribution in [0.5, 0.6) is 11.5 Å². The van der Waals surface area contributed by atoms with E-state index in [0.29, 0.717) is 30.9 Å². The van der Waals surface area contributed by atoms with E-state index in [0.717, 1.165) is 59.5 Å². The Labute approximate surface area is 267 Å². The minimum Gasteiger partial charge on any atom is -0.493 e. The molecule has 0 radical (unpaired) electrons. The zero-order chi connectivity index (χ0) is 31.9. The van der Waals surface area contributed by atoms with E-state index in [1.54, 1.807) is 7.11 Å². The number of allylic oxidation sites excluding steroid dienone is 4. The molecule has 3 aromatic carbocycles. The van der Waals surface area contributed by atoms with E-state index in [1.807, 2.05) is 24.3 Å². The number of ketones is 2. The molecule has 0 atom stereocenters. The van der Waals surface area contributed by atoms with Crippen molar-refractivity contribution in [3.8, 4) is 11.5 Å². The van der Waals surface area contributed by atoms with Gasteiger partial charge in [0.05, 0.1) is 7.11 Å². The number of hydrogen-bond donors (Lipinski definition) is 0. The quantitative estimate of drug-likeness (QED) is 0.258. The molecule has 5 heteroatoms. The Hall–Kier alpha value is -4.12. The number of carbonyl (C=O) groups excluding carboxylic acids is 2. The number of rotatable bonds is 8. The number of aryl methyl sites for hydroxylation is 1. The molecule has 0 aromatic heterocycles. The van der Waals surface area contributed by atoms with Gasteiger partial charge in [0, 0.05) is 47.8 Å². The molecule has 3 aliphatic rings. The minimum atomic E-state index is -0.421. The molecule has 0 N–H and O–H groups in total. The van der Waals surface area contributed by atoms with E-state index >= 15 is 0 Å². The number of Topliss-reactive ketones (excluding diaryl/α,β-unsaturated/α-hetero) is 2. The molecule has 0 amide bonds. The maximum atomic E-state index is 14.2. The van der Waals surface area contributed by atoms with Crippen LogP contribution in [-0.2, 0) is 22.6 Å². The standard InChI is InChI=1S/C40H45NO4/c1-26-12-14-28(15-13-26)25-45-34-17-16-29(20-35(34)44-6)36-37-30(21-39(2,3)23-32(37)42)41(19-18-27-10-8-7-9-11-27)31-22-40(4,5)24-33(43)38(31)36/h7-17,20,36H,18-19,21-25H2,1-6H3. The van der Waals surface area contributed by atoms with Crippen molar-refractivity contribution in [1.29, 1.82) is 0 Å². The van der Waals surface area contributed by atoms with Gasteiger partial charge in [-0.1, -0.05) is 93.9 Å². The molecule has 234 valence electrons. The number of methoxy groups -OCH3 is 1. The van der Waals surface area contributed by atoms with Gasteiger partial charge in [0.25, 0.3) is 0 Å². The average Bonchev–Trinajstić information content (AvgIpc) is 2.98. The van der Waals surface area contributed by atoms with Crippen molar-refractivity contribution in [3.63, 3.8) is 0 Å². The molecule has 1 aliphatic heterocycles. The van der Waals surface area contributed by atoms with Crippen LogP contribution in [-0.4, -0.2) is 30.1 Å². The Morgan fingerprint density at radius 1 is 0.733 bits per heavy atom. The van der Waals surface area contributed by atoms with Gasteiger partial charge in [-0.25, -0.2) is 0 Å². The van der Waals surface area contributed by atoms with Crippen molar-refractivity contribution in [3.05, 3.63) is 118 Å². The lowest BCUT2D eigenvalue weighted by atomic mass is 9.63. The topological polar surface area (TPSA) is 55.8 Å². The van der Waals surface area contributed by atoms with Crippen molar-refractivity contribution in [2.75, 3.05) is 13.7 Å². The summed E-state index contributed by atoms with van der Waals surface area (Å²) >= 11 is 0. The predicted octanol–water partition coefficient (Wildman–Crippen LogP) is 8.51. The van der Waals surface area contributed by atoms with Crippen molar-refractivity contribution < 1.29 is 19.1 Å². The van der Waals surface area contributed by atoms with Crippen LogP contribution in [0.15, 0.2) is 95.3 Å². The van der Waals surface area contributed by atoms with Gasteiger partial charge in [-0.05, 0) is 65.8 Å². The fraction of sp³-hybridized carbons (Fsp3) is 0.400. The van der Waals surface area contributed by atoms with Gasteiger partial charge in [-0.2, -0.15) is 0 Å². The summed E-state index contributed by atoms with van der Waals surface area (Å²) in [5.74, 6) is 1.09. The maximum absolute atomic E-state index is 14.2. The van der Waals surface area contributed by atoms with Crippen LogP contribution in [0.1, 0.15) is 81.5 Å². The highest BCUT2D eigenvalue weighted by molar-refractivity contribution is 6.06. The van der Waals surface area contributed by atoms with Gasteiger partial charge in [-0.15, -0.1) is 0 Å². The summed E-state index contributed by atoms with van der Waals surface area (Å²) < 4.78 is 12.1. The molecule has 1 heterocycles. The third-order valence-electron chi connectivity index (χ3n) is 9.52. The second kappa shape index (κ2) is 12.0. The first-order chi connectivity index (χ1) is 21.4. The summed E-state index contributed by atoms with van der Waals surface area (Å²) in [6, 6.07) is 24.7. The second-order valence-electron chi connectivity index (χ2n) is 14.6. The first-order valence-corrected chi connectivity index (χ1v) is 16.1. The normalized spacial score (nSPS) is 19.4. The molecule has 45 heavy (non-hydrogen) atoms. The van der Waals surface area contributed by atoms with Crippen LogP contribution in [0.2, 0.25) is 0 Å². The summed E-state index contributed by atoms with van der Waals surface area (Å²) in [5.41, 5.74) is 7.83. The molecule has 0 saturated carbocycles. The average molecular weight is 604 g/mol. The number of benzene rings is 3. The predicted molar refractivity (Wildman–Crippen MR) is 178 cm³/mol. The molecule has 0 unspecified atom stereocenters. The third kappa shape index (κ3) is 6.36. The SMILES string of the molecule is COc1cc(C2C3=C(CC(C)(C)CC3=O)N(CCc3ccccc3)C3=C2C(=O)CC(C)(C)C3)ccc1OCc1ccc(C)cc1. The number of ether oxygens (including phenoxy) is 2. The van der Waals surface area contributed by atoms with Gasteiger partial charge >= 0.3 is 0 Å². The summed E-state index contributed by atoms with van der Waals surface area (Å²) in [5, 5.41) is 0. The highest BCUT2D eigenvalue weighted by Gasteiger charge is 2.49. The van der Waals surface area contributed by atoms with Gasteiger partial charge in [-0.3, -0.25) is 9.59 Å². The highest BCUT2D eigenvalue weighted by Crippen LogP contribution is 2.55. The third-order valence-corrected chi connectivity index (χ3v) is 9.52. The van der Waals surface area contributed by atoms with Crippen LogP contribution in [0.3, 0.4) is 0 Å². The van der Waals surface area contributed by atoms with Gasteiger partial charge < -0.3 is 14.4 Å². The first kappa shape index (κ1) is 30.9. The molecule has 2 aliphatic carbocycles. The second-order valence-corrected chi connectivity index (χ2v) is 14.6. The molecule has 0 spiro atoms. The number of nitrogens with zero attached hydrogens (tertiary/aromatic N) is 1. The van der Waals surface area contributed by atoms with E-state index in [-0.39, 0.29) is 22.4 Å². The Balaban J connectivity index is 1.44. The Kier molecular flexibility index (Phi) is 8.24. The Morgan fingerprint density at radius 2 is 1.33 bits per heavy atom. The molecule has 0 saturated heterocycles. The number of hydrogen-bond acceptors (Lipinski definition) is 5. The number of carbonyl (C=O) groups is 2. The largest absolute Gasteiger partial charge is 0.493 e. The van der Waals surface area contributed by atoms with Crippen LogP contribution >= 0.6 is 0 Å². The van der Waals surface area contributed by atoms with Crippen molar-refractivity contribution in [2.45, 2.75) is 79.2 Å². The van der Waals surface area contributed by atoms with Crippen LogP contribution < -0.4 is 9.47 Å².